The van der Waals surface area contributed by atoms with Crippen molar-refractivity contribution >= 4 is 35.6 Å². The molecular formula is C11H19BrOSSi. The normalized spacial score (nSPS) is 13.2. The molecule has 0 spiro atoms. The van der Waals surface area contributed by atoms with Crippen molar-refractivity contribution in [3.05, 3.63) is 20.8 Å². The summed E-state index contributed by atoms with van der Waals surface area (Å²) >= 11 is 5.25. The van der Waals surface area contributed by atoms with Crippen LogP contribution in [0.5, 0.6) is 0 Å². The first-order chi connectivity index (χ1) is 6.74. The minimum absolute atomic E-state index is 0.287. The Morgan fingerprint density at radius 1 is 1.40 bits per heavy atom. The van der Waals surface area contributed by atoms with Gasteiger partial charge in [-0.2, -0.15) is 0 Å². The van der Waals surface area contributed by atoms with Crippen molar-refractivity contribution < 1.29 is 4.43 Å². The Kier molecular flexibility index (Phi) is 4.20. The maximum Gasteiger partial charge on any atom is 0.192 e. The summed E-state index contributed by atoms with van der Waals surface area (Å²) in [5.74, 6) is 0. The van der Waals surface area contributed by atoms with Gasteiger partial charge in [0.1, 0.15) is 0 Å². The van der Waals surface area contributed by atoms with Crippen molar-refractivity contribution in [3.8, 4) is 0 Å². The molecule has 1 rings (SSSR count). The summed E-state index contributed by atoms with van der Waals surface area (Å²) in [6.07, 6.45) is 0. The van der Waals surface area contributed by atoms with E-state index >= 15 is 0 Å². The van der Waals surface area contributed by atoms with Gasteiger partial charge in [-0.3, -0.25) is 0 Å². The Hall–Kier alpha value is 0.357. The predicted octanol–water partition coefficient (Wildman–Crippen LogP) is 5.03. The van der Waals surface area contributed by atoms with Crippen LogP contribution in [-0.4, -0.2) is 8.32 Å². The fraction of sp³-hybridized carbons (Fsp3) is 0.636. The molecule has 0 aromatic carbocycles. The number of halogens is 1. The third-order valence-electron chi connectivity index (χ3n) is 3.09. The molecule has 0 aliphatic carbocycles. The maximum atomic E-state index is 6.13. The molecule has 0 aliphatic rings. The zero-order chi connectivity index (χ0) is 11.7. The van der Waals surface area contributed by atoms with E-state index in [1.807, 2.05) is 0 Å². The van der Waals surface area contributed by atoms with E-state index in [1.54, 1.807) is 11.3 Å². The van der Waals surface area contributed by atoms with E-state index in [2.05, 4.69) is 61.2 Å². The Morgan fingerprint density at radius 3 is 2.40 bits per heavy atom. The summed E-state index contributed by atoms with van der Waals surface area (Å²) in [6, 6.07) is 2.13. The molecule has 0 fully saturated rings. The average molecular weight is 307 g/mol. The summed E-state index contributed by atoms with van der Waals surface area (Å²) in [6.45, 7) is 12.1. The number of hydrogen-bond acceptors (Lipinski definition) is 2. The lowest BCUT2D eigenvalue weighted by atomic mass is 10.2. The van der Waals surface area contributed by atoms with Crippen LogP contribution in [0.4, 0.5) is 0 Å². The molecule has 0 saturated heterocycles. The van der Waals surface area contributed by atoms with E-state index in [1.165, 1.54) is 9.35 Å². The first-order valence-electron chi connectivity index (χ1n) is 5.10. The minimum atomic E-state index is -1.60. The van der Waals surface area contributed by atoms with Gasteiger partial charge < -0.3 is 4.43 Å². The van der Waals surface area contributed by atoms with Crippen LogP contribution in [0.2, 0.25) is 18.1 Å². The molecule has 0 aliphatic heterocycles. The van der Waals surface area contributed by atoms with Crippen LogP contribution in [0.25, 0.3) is 0 Å². The van der Waals surface area contributed by atoms with Gasteiger partial charge in [0.05, 0.1) is 10.4 Å². The maximum absolute atomic E-state index is 6.13. The van der Waals surface area contributed by atoms with Gasteiger partial charge in [-0.1, -0.05) is 20.8 Å². The van der Waals surface area contributed by atoms with Crippen molar-refractivity contribution in [1.29, 1.82) is 0 Å². The van der Waals surface area contributed by atoms with Gasteiger partial charge in [0, 0.05) is 5.56 Å². The standard InChI is InChI=1S/C11H19BrOSSi/c1-11(2,3)15(4,5)13-8-9-6-7-14-10(9)12/h6-7H,8H2,1-5H3. The first kappa shape index (κ1) is 13.4. The highest BCUT2D eigenvalue weighted by Crippen LogP contribution is 2.37. The van der Waals surface area contributed by atoms with E-state index in [0.29, 0.717) is 0 Å². The first-order valence-corrected chi connectivity index (χ1v) is 9.68. The van der Waals surface area contributed by atoms with Crippen molar-refractivity contribution in [1.82, 2.24) is 0 Å². The lowest BCUT2D eigenvalue weighted by Crippen LogP contribution is -2.40. The van der Waals surface area contributed by atoms with Crippen molar-refractivity contribution in [2.75, 3.05) is 0 Å². The van der Waals surface area contributed by atoms with E-state index in [4.69, 9.17) is 4.43 Å². The minimum Gasteiger partial charge on any atom is -0.412 e. The number of thiophene rings is 1. The zero-order valence-electron chi connectivity index (χ0n) is 10.1. The molecule has 1 aromatic rings. The number of hydrogen-bond donors (Lipinski definition) is 0. The third kappa shape index (κ3) is 3.41. The van der Waals surface area contributed by atoms with Crippen molar-refractivity contribution in [2.24, 2.45) is 0 Å². The van der Waals surface area contributed by atoms with Gasteiger partial charge in [0.2, 0.25) is 0 Å². The second kappa shape index (κ2) is 4.70. The third-order valence-corrected chi connectivity index (χ3v) is 9.38. The SMILES string of the molecule is CC(C)(C)[Si](C)(C)OCc1ccsc1Br. The fourth-order valence-corrected chi connectivity index (χ4v) is 3.05. The van der Waals surface area contributed by atoms with Gasteiger partial charge in [-0.15, -0.1) is 11.3 Å². The largest absolute Gasteiger partial charge is 0.412 e. The molecule has 0 amide bonds. The van der Waals surface area contributed by atoms with E-state index in [-0.39, 0.29) is 5.04 Å². The van der Waals surface area contributed by atoms with Crippen LogP contribution in [0.3, 0.4) is 0 Å². The quantitative estimate of drug-likeness (QED) is 0.711. The molecule has 0 radical (unpaired) electrons. The molecule has 15 heavy (non-hydrogen) atoms. The molecular weight excluding hydrogens is 288 g/mol. The lowest BCUT2D eigenvalue weighted by molar-refractivity contribution is 0.276. The Labute approximate surface area is 106 Å². The van der Waals surface area contributed by atoms with E-state index in [9.17, 15) is 0 Å². The topological polar surface area (TPSA) is 9.23 Å². The highest BCUT2D eigenvalue weighted by atomic mass is 79.9. The van der Waals surface area contributed by atoms with Gasteiger partial charge in [0.15, 0.2) is 8.32 Å². The van der Waals surface area contributed by atoms with Crippen LogP contribution in [0, 0.1) is 0 Å². The fourth-order valence-electron chi connectivity index (χ4n) is 0.897. The van der Waals surface area contributed by atoms with Gasteiger partial charge in [-0.25, -0.2) is 0 Å². The Balaban J connectivity index is 2.61. The van der Waals surface area contributed by atoms with Crippen LogP contribution >= 0.6 is 27.3 Å². The molecule has 0 N–H and O–H groups in total. The summed E-state index contributed by atoms with van der Waals surface area (Å²) in [4.78, 5) is 0. The van der Waals surface area contributed by atoms with Crippen LogP contribution in [0.15, 0.2) is 15.2 Å². The molecule has 4 heteroatoms. The van der Waals surface area contributed by atoms with Gasteiger partial charge in [-0.05, 0) is 45.5 Å². The molecule has 0 unspecified atom stereocenters. The molecule has 86 valence electrons. The second-order valence-corrected chi connectivity index (χ2v) is 12.3. The van der Waals surface area contributed by atoms with Crippen molar-refractivity contribution in [3.63, 3.8) is 0 Å². The van der Waals surface area contributed by atoms with Crippen molar-refractivity contribution in [2.45, 2.75) is 45.5 Å². The summed E-state index contributed by atoms with van der Waals surface area (Å²) in [7, 11) is -1.60. The van der Waals surface area contributed by atoms with E-state index in [0.717, 1.165) is 6.61 Å². The lowest BCUT2D eigenvalue weighted by Gasteiger charge is -2.36. The summed E-state index contributed by atoms with van der Waals surface area (Å²) in [5.41, 5.74) is 1.27. The van der Waals surface area contributed by atoms with Crippen LogP contribution in [-0.2, 0) is 11.0 Å². The molecule has 1 nitrogen and oxygen atoms in total. The molecule has 1 aromatic heterocycles. The van der Waals surface area contributed by atoms with Gasteiger partial charge in [0.25, 0.3) is 0 Å². The average Bonchev–Trinajstić information content (AvgIpc) is 2.46. The summed E-state index contributed by atoms with van der Waals surface area (Å²) < 4.78 is 7.33. The summed E-state index contributed by atoms with van der Waals surface area (Å²) in [5, 5.41) is 2.38. The molecule has 1 heterocycles. The molecule has 0 bridgehead atoms. The second-order valence-electron chi connectivity index (χ2n) is 5.27. The smallest absolute Gasteiger partial charge is 0.192 e. The molecule has 0 saturated carbocycles. The van der Waals surface area contributed by atoms with Crippen LogP contribution in [0.1, 0.15) is 26.3 Å². The zero-order valence-corrected chi connectivity index (χ0v) is 13.5. The van der Waals surface area contributed by atoms with Gasteiger partial charge >= 0.3 is 0 Å². The van der Waals surface area contributed by atoms with E-state index < -0.39 is 8.32 Å². The highest BCUT2D eigenvalue weighted by molar-refractivity contribution is 9.11. The monoisotopic (exact) mass is 306 g/mol. The molecule has 0 atom stereocenters. The Morgan fingerprint density at radius 2 is 2.00 bits per heavy atom. The van der Waals surface area contributed by atoms with Crippen LogP contribution < -0.4 is 0 Å². The predicted molar refractivity (Wildman–Crippen MR) is 74.0 cm³/mol. The Bertz CT molecular complexity index is 328. The number of rotatable bonds is 3. The highest BCUT2D eigenvalue weighted by Gasteiger charge is 2.37.